The van der Waals surface area contributed by atoms with Crippen LogP contribution >= 0.6 is 0 Å². The average molecular weight is 450 g/mol. The van der Waals surface area contributed by atoms with Crippen molar-refractivity contribution >= 4 is 0 Å². The van der Waals surface area contributed by atoms with E-state index in [0.29, 0.717) is 37.5 Å². The molecule has 2 unspecified atom stereocenters. The first-order valence-electron chi connectivity index (χ1n) is 12.0. The van der Waals surface area contributed by atoms with Gasteiger partial charge in [-0.2, -0.15) is 0 Å². The first kappa shape index (κ1) is 23.6. The lowest BCUT2D eigenvalue weighted by Crippen LogP contribution is -2.68. The van der Waals surface area contributed by atoms with Gasteiger partial charge in [-0.15, -0.1) is 0 Å². The van der Waals surface area contributed by atoms with Crippen LogP contribution in [0.3, 0.4) is 0 Å². The Bertz CT molecular complexity index is 677. The van der Waals surface area contributed by atoms with E-state index in [4.69, 9.17) is 14.2 Å². The summed E-state index contributed by atoms with van der Waals surface area (Å²) in [7, 11) is 0. The molecule has 0 spiro atoms. The topological polar surface area (TPSA) is 95.2 Å². The van der Waals surface area contributed by atoms with Crippen LogP contribution in [0.2, 0.25) is 0 Å². The fourth-order valence-electron chi connectivity index (χ4n) is 4.49. The quantitative estimate of drug-likeness (QED) is 0.330. The van der Waals surface area contributed by atoms with Crippen LogP contribution in [0, 0.1) is 0 Å². The molecule has 0 saturated carbocycles. The van der Waals surface area contributed by atoms with Crippen molar-refractivity contribution in [1.82, 2.24) is 36.1 Å². The minimum atomic E-state index is -0.0587. The molecule has 3 aliphatic heterocycles. The molecule has 0 aromatic carbocycles. The summed E-state index contributed by atoms with van der Waals surface area (Å²) >= 11 is 0. The zero-order valence-corrected chi connectivity index (χ0v) is 19.2. The first-order chi connectivity index (χ1) is 15.8. The van der Waals surface area contributed by atoms with Gasteiger partial charge in [0.2, 0.25) is 0 Å². The van der Waals surface area contributed by atoms with Crippen LogP contribution in [0.5, 0.6) is 11.6 Å². The second-order valence-electron chi connectivity index (χ2n) is 8.53. The summed E-state index contributed by atoms with van der Waals surface area (Å²) in [5.74, 6) is 1.21. The van der Waals surface area contributed by atoms with Gasteiger partial charge in [0.1, 0.15) is 25.6 Å². The van der Waals surface area contributed by atoms with E-state index < -0.39 is 0 Å². The van der Waals surface area contributed by atoms with Crippen molar-refractivity contribution in [2.75, 3.05) is 85.3 Å². The Morgan fingerprint density at radius 1 is 0.969 bits per heavy atom. The second kappa shape index (κ2) is 12.6. The minimum Gasteiger partial charge on any atom is -0.486 e. The molecule has 0 aliphatic carbocycles. The summed E-state index contributed by atoms with van der Waals surface area (Å²) < 4.78 is 18.1. The highest BCUT2D eigenvalue weighted by Gasteiger charge is 2.34. The third kappa shape index (κ3) is 6.74. The number of hydrogen-bond donors (Lipinski definition) is 4. The zero-order valence-electron chi connectivity index (χ0n) is 19.2. The average Bonchev–Trinajstić information content (AvgIpc) is 2.84. The molecule has 3 atom stereocenters. The van der Waals surface area contributed by atoms with Gasteiger partial charge in [0.25, 0.3) is 5.88 Å². The molecule has 4 N–H and O–H groups in total. The maximum atomic E-state index is 6.18. The van der Waals surface area contributed by atoms with Crippen LogP contribution in [0.1, 0.15) is 6.92 Å². The van der Waals surface area contributed by atoms with E-state index in [-0.39, 0.29) is 12.4 Å². The molecule has 3 aliphatic rings. The molecule has 32 heavy (non-hydrogen) atoms. The van der Waals surface area contributed by atoms with Crippen molar-refractivity contribution in [3.8, 4) is 11.6 Å². The summed E-state index contributed by atoms with van der Waals surface area (Å²) in [5, 5.41) is 13.9. The third-order valence-corrected chi connectivity index (χ3v) is 6.25. The van der Waals surface area contributed by atoms with E-state index in [2.05, 4.69) is 43.0 Å². The lowest BCUT2D eigenvalue weighted by atomic mass is 10.1. The highest BCUT2D eigenvalue weighted by Crippen LogP contribution is 2.23. The lowest BCUT2D eigenvalue weighted by molar-refractivity contribution is -0.0776. The molecule has 0 radical (unpaired) electrons. The van der Waals surface area contributed by atoms with Crippen molar-refractivity contribution in [3.63, 3.8) is 0 Å². The number of pyridine rings is 1. The molecule has 3 fully saturated rings. The largest absolute Gasteiger partial charge is 0.486 e. The van der Waals surface area contributed by atoms with Gasteiger partial charge in [0.15, 0.2) is 5.75 Å². The first-order valence-corrected chi connectivity index (χ1v) is 12.0. The third-order valence-electron chi connectivity index (χ3n) is 6.25. The number of hydrogen-bond acceptors (Lipinski definition) is 10. The highest BCUT2D eigenvalue weighted by molar-refractivity contribution is 5.32. The molecule has 1 aromatic rings. The van der Waals surface area contributed by atoms with Crippen LogP contribution in [0.25, 0.3) is 0 Å². The molecule has 180 valence electrons. The number of nitrogens with one attached hydrogen (secondary N) is 4. The fourth-order valence-corrected chi connectivity index (χ4v) is 4.49. The molecule has 4 rings (SSSR count). The smallest absolute Gasteiger partial charge is 0.257 e. The molecule has 4 heterocycles. The monoisotopic (exact) mass is 449 g/mol. The van der Waals surface area contributed by atoms with Gasteiger partial charge in [-0.3, -0.25) is 20.4 Å². The summed E-state index contributed by atoms with van der Waals surface area (Å²) in [6.45, 7) is 13.8. The van der Waals surface area contributed by atoms with E-state index in [1.165, 1.54) is 0 Å². The Kier molecular flexibility index (Phi) is 9.33. The maximum absolute atomic E-state index is 6.18. The molecular weight excluding hydrogens is 410 g/mol. The van der Waals surface area contributed by atoms with Crippen molar-refractivity contribution < 1.29 is 14.2 Å². The van der Waals surface area contributed by atoms with Crippen LogP contribution in [0.4, 0.5) is 0 Å². The summed E-state index contributed by atoms with van der Waals surface area (Å²) in [6, 6.07) is 4.24. The van der Waals surface area contributed by atoms with Crippen molar-refractivity contribution in [1.29, 1.82) is 0 Å². The summed E-state index contributed by atoms with van der Waals surface area (Å²) in [5.41, 5.74) is 0. The second-order valence-corrected chi connectivity index (χ2v) is 8.53. The molecule has 1 aromatic heterocycles. The normalized spacial score (nSPS) is 27.8. The number of aromatic nitrogens is 1. The van der Waals surface area contributed by atoms with Gasteiger partial charge in [-0.25, -0.2) is 4.98 Å². The Morgan fingerprint density at radius 3 is 2.69 bits per heavy atom. The molecule has 10 nitrogen and oxygen atoms in total. The van der Waals surface area contributed by atoms with Gasteiger partial charge in [0.05, 0.1) is 6.61 Å². The van der Waals surface area contributed by atoms with Crippen molar-refractivity contribution in [2.24, 2.45) is 0 Å². The van der Waals surface area contributed by atoms with Gasteiger partial charge < -0.3 is 24.8 Å². The van der Waals surface area contributed by atoms with Crippen molar-refractivity contribution in [3.05, 3.63) is 18.3 Å². The van der Waals surface area contributed by atoms with Crippen LogP contribution in [-0.4, -0.2) is 118 Å². The molecule has 3 saturated heterocycles. The maximum Gasteiger partial charge on any atom is 0.257 e. The summed E-state index contributed by atoms with van der Waals surface area (Å²) in [6.07, 6.45) is 1.85. The van der Waals surface area contributed by atoms with Gasteiger partial charge in [-0.05, 0) is 19.1 Å². The number of rotatable bonds is 10. The molecular formula is C22H39N7O3. The minimum absolute atomic E-state index is 0.0587. The van der Waals surface area contributed by atoms with Gasteiger partial charge in [0, 0.05) is 77.7 Å². The standard InChI is InChI=1S/C22H39N7O3/c1-18-17-24-9-12-29(18)20-22(27-6-5-25-20)32-16-15-30-19-3-2-4-26-21(19)31-14-13-28-10-7-23-8-11-28/h2-4,18,20,22-25,27H,5-17H2,1H3/t18-,20?,22?/m1/s1. The number of ether oxygens (including phenoxy) is 3. The van der Waals surface area contributed by atoms with Crippen LogP contribution < -0.4 is 30.7 Å². The van der Waals surface area contributed by atoms with Crippen molar-refractivity contribution in [2.45, 2.75) is 25.4 Å². The summed E-state index contributed by atoms with van der Waals surface area (Å²) in [4.78, 5) is 9.24. The van der Waals surface area contributed by atoms with Gasteiger partial charge in [-0.1, -0.05) is 0 Å². The van der Waals surface area contributed by atoms with Crippen LogP contribution in [0.15, 0.2) is 18.3 Å². The Hall–Kier alpha value is -1.53. The number of piperazine rings is 3. The predicted octanol–water partition coefficient (Wildman–Crippen LogP) is -1.10. The highest BCUT2D eigenvalue weighted by atomic mass is 16.6. The fraction of sp³-hybridized carbons (Fsp3) is 0.773. The van der Waals surface area contributed by atoms with Gasteiger partial charge >= 0.3 is 0 Å². The van der Waals surface area contributed by atoms with E-state index in [1.807, 2.05) is 12.1 Å². The Morgan fingerprint density at radius 2 is 1.81 bits per heavy atom. The van der Waals surface area contributed by atoms with E-state index in [9.17, 15) is 0 Å². The molecule has 0 amide bonds. The van der Waals surface area contributed by atoms with Crippen LogP contribution in [-0.2, 0) is 4.74 Å². The zero-order chi connectivity index (χ0) is 22.0. The van der Waals surface area contributed by atoms with E-state index in [0.717, 1.165) is 65.4 Å². The molecule has 10 heteroatoms. The Balaban J connectivity index is 1.21. The Labute approximate surface area is 191 Å². The number of nitrogens with zero attached hydrogens (tertiary/aromatic N) is 3. The predicted molar refractivity (Wildman–Crippen MR) is 123 cm³/mol. The van der Waals surface area contributed by atoms with E-state index in [1.54, 1.807) is 6.20 Å². The van der Waals surface area contributed by atoms with E-state index >= 15 is 0 Å². The lowest BCUT2D eigenvalue weighted by Gasteiger charge is -2.45. The molecule has 0 bridgehead atoms. The SMILES string of the molecule is C[C@@H]1CNCCN1C1NCCNC1OCCOc1cccnc1OCCN1CCNCC1.